The summed E-state index contributed by atoms with van der Waals surface area (Å²) in [6, 6.07) is 0.0516. The molecule has 206 valence electrons. The van der Waals surface area contributed by atoms with E-state index in [1.807, 2.05) is 0 Å². The number of carbonyl (C=O) groups is 5. The zero-order chi connectivity index (χ0) is 28.4. The molecule has 0 saturated carbocycles. The second kappa shape index (κ2) is 14.1. The van der Waals surface area contributed by atoms with Crippen LogP contribution < -0.4 is 27.0 Å². The Balaban J connectivity index is 3.09. The van der Waals surface area contributed by atoms with Gasteiger partial charge < -0.3 is 42.3 Å². The summed E-state index contributed by atoms with van der Waals surface area (Å²) in [5.74, 6) is -4.58. The number of benzene rings is 1. The monoisotopic (exact) mass is 523 g/mol. The third-order valence-corrected chi connectivity index (χ3v) is 5.56. The van der Waals surface area contributed by atoms with Crippen molar-refractivity contribution in [2.24, 2.45) is 11.7 Å². The summed E-state index contributed by atoms with van der Waals surface area (Å²) in [6.45, 7) is 7.30. The molecule has 0 bridgehead atoms. The van der Waals surface area contributed by atoms with Gasteiger partial charge in [0.25, 0.3) is 0 Å². The average molecular weight is 524 g/mol. The van der Waals surface area contributed by atoms with Gasteiger partial charge in [-0.1, -0.05) is 26.0 Å². The van der Waals surface area contributed by atoms with Crippen LogP contribution in [0.1, 0.15) is 40.2 Å². The molecular weight excluding hydrogens is 486 g/mol. The number of nitrogens with one attached hydrogen (secondary N) is 4. The summed E-state index contributed by atoms with van der Waals surface area (Å²) in [4.78, 5) is 61.9. The van der Waals surface area contributed by atoms with Crippen LogP contribution in [-0.2, 0) is 30.4 Å². The van der Waals surface area contributed by atoms with Crippen molar-refractivity contribution in [3.8, 4) is 5.75 Å². The maximum Gasteiger partial charge on any atom is 0.325 e. The highest BCUT2D eigenvalue weighted by molar-refractivity contribution is 5.95. The van der Waals surface area contributed by atoms with E-state index >= 15 is 0 Å². The largest absolute Gasteiger partial charge is 0.508 e. The molecule has 37 heavy (non-hydrogen) atoms. The first-order chi connectivity index (χ1) is 17.1. The number of phenols is 1. The van der Waals surface area contributed by atoms with Gasteiger partial charge in [-0.05, 0) is 44.4 Å². The molecule has 0 saturated heterocycles. The minimum atomic E-state index is -1.26. The first kappa shape index (κ1) is 31.3. The van der Waals surface area contributed by atoms with E-state index in [0.29, 0.717) is 5.56 Å². The molecule has 1 aromatic rings. The van der Waals surface area contributed by atoms with E-state index in [9.17, 15) is 34.2 Å². The average Bonchev–Trinajstić information content (AvgIpc) is 2.81. The van der Waals surface area contributed by atoms with Crippen LogP contribution in [0.25, 0.3) is 0 Å². The van der Waals surface area contributed by atoms with Crippen molar-refractivity contribution in [2.75, 3.05) is 0 Å². The molecule has 9 N–H and O–H groups in total. The Hall–Kier alpha value is -3.71. The van der Waals surface area contributed by atoms with Crippen molar-refractivity contribution in [1.29, 1.82) is 0 Å². The lowest BCUT2D eigenvalue weighted by Gasteiger charge is -2.27. The fraction of sp³-hybridized carbons (Fsp3) is 0.542. The van der Waals surface area contributed by atoms with Gasteiger partial charge in [0.15, 0.2) is 0 Å². The molecule has 0 aliphatic carbocycles. The van der Waals surface area contributed by atoms with Gasteiger partial charge in [-0.3, -0.25) is 24.0 Å². The first-order valence-corrected chi connectivity index (χ1v) is 11.8. The minimum absolute atomic E-state index is 0.00339. The minimum Gasteiger partial charge on any atom is -0.508 e. The Morgan fingerprint density at radius 3 is 1.81 bits per heavy atom. The maximum atomic E-state index is 13.2. The van der Waals surface area contributed by atoms with Gasteiger partial charge >= 0.3 is 5.97 Å². The van der Waals surface area contributed by atoms with E-state index in [2.05, 4.69) is 21.3 Å². The number of nitrogens with two attached hydrogens (primary N) is 1. The van der Waals surface area contributed by atoms with E-state index in [4.69, 9.17) is 10.8 Å². The number of hydrogen-bond donors (Lipinski definition) is 8. The van der Waals surface area contributed by atoms with Crippen molar-refractivity contribution in [2.45, 2.75) is 77.4 Å². The summed E-state index contributed by atoms with van der Waals surface area (Å²) in [5.41, 5.74) is 6.16. The molecule has 1 rings (SSSR count). The van der Waals surface area contributed by atoms with Gasteiger partial charge in [-0.2, -0.15) is 0 Å². The Morgan fingerprint density at radius 1 is 0.784 bits per heavy atom. The van der Waals surface area contributed by atoms with Gasteiger partial charge in [0.05, 0.1) is 6.10 Å². The highest BCUT2D eigenvalue weighted by Gasteiger charge is 2.31. The standard InChI is InChI=1S/C24H37N5O8/c1-11(2)19(23(35)27-13(4)24(36)37)29-21(33)17(10-15-6-8-16(31)9-7-15)28-20(32)12(3)26-22(34)18(25)14(5)30/h6-9,11-14,17-19,30-31H,10,25H2,1-5H3,(H,26,34)(H,27,35)(H,28,32)(H,29,33)(H,36,37)/t12-,13-,14+,17-,18-,19-/m0/s1. The van der Waals surface area contributed by atoms with Gasteiger partial charge in [0.2, 0.25) is 23.6 Å². The number of phenolic OH excluding ortho intramolecular Hbond substituents is 1. The number of aliphatic hydroxyl groups is 1. The lowest BCUT2D eigenvalue weighted by Crippen LogP contribution is -2.59. The number of aliphatic carboxylic acids is 1. The zero-order valence-corrected chi connectivity index (χ0v) is 21.5. The highest BCUT2D eigenvalue weighted by Crippen LogP contribution is 2.12. The van der Waals surface area contributed by atoms with Crippen LogP contribution in [0.3, 0.4) is 0 Å². The smallest absolute Gasteiger partial charge is 0.325 e. The van der Waals surface area contributed by atoms with Crippen LogP contribution in [0.2, 0.25) is 0 Å². The quantitative estimate of drug-likeness (QED) is 0.148. The molecule has 0 aliphatic heterocycles. The number of rotatable bonds is 13. The van der Waals surface area contributed by atoms with E-state index in [0.717, 1.165) is 0 Å². The van der Waals surface area contributed by atoms with Gasteiger partial charge in [0.1, 0.15) is 36.0 Å². The topological polar surface area (TPSA) is 220 Å². The highest BCUT2D eigenvalue weighted by atomic mass is 16.4. The molecule has 0 aromatic heterocycles. The second-order valence-electron chi connectivity index (χ2n) is 9.23. The Labute approximate surface area is 215 Å². The molecule has 0 unspecified atom stereocenters. The second-order valence-corrected chi connectivity index (χ2v) is 9.23. The van der Waals surface area contributed by atoms with Crippen LogP contribution in [0, 0.1) is 5.92 Å². The number of aliphatic hydroxyl groups excluding tert-OH is 1. The zero-order valence-electron chi connectivity index (χ0n) is 21.5. The number of carboxylic acids is 1. The number of hydrogen-bond acceptors (Lipinski definition) is 8. The number of carbonyl (C=O) groups excluding carboxylic acids is 4. The molecule has 4 amide bonds. The molecule has 0 spiro atoms. The fourth-order valence-electron chi connectivity index (χ4n) is 3.12. The summed E-state index contributed by atoms with van der Waals surface area (Å²) < 4.78 is 0. The van der Waals surface area contributed by atoms with Crippen LogP contribution in [0.15, 0.2) is 24.3 Å². The van der Waals surface area contributed by atoms with E-state index in [1.165, 1.54) is 32.9 Å². The first-order valence-electron chi connectivity index (χ1n) is 11.8. The van der Waals surface area contributed by atoms with E-state index in [-0.39, 0.29) is 12.2 Å². The van der Waals surface area contributed by atoms with Crippen molar-refractivity contribution < 1.29 is 39.3 Å². The number of carboxylic acid groups (broad SMARTS) is 1. The molecule has 0 radical (unpaired) electrons. The predicted molar refractivity (Wildman–Crippen MR) is 133 cm³/mol. The van der Waals surface area contributed by atoms with Crippen LogP contribution >= 0.6 is 0 Å². The normalized spacial score (nSPS) is 15.9. The van der Waals surface area contributed by atoms with Gasteiger partial charge in [-0.25, -0.2) is 0 Å². The lowest BCUT2D eigenvalue weighted by atomic mass is 10.0. The maximum absolute atomic E-state index is 13.2. The van der Waals surface area contributed by atoms with E-state index < -0.39 is 71.8 Å². The Kier molecular flexibility index (Phi) is 12.0. The molecule has 1 aromatic carbocycles. The molecular formula is C24H37N5O8. The van der Waals surface area contributed by atoms with Crippen LogP contribution in [0.5, 0.6) is 5.75 Å². The Morgan fingerprint density at radius 2 is 1.32 bits per heavy atom. The molecule has 0 aliphatic rings. The number of aromatic hydroxyl groups is 1. The van der Waals surface area contributed by atoms with Crippen molar-refractivity contribution in [3.63, 3.8) is 0 Å². The molecule has 0 heterocycles. The molecule has 13 heteroatoms. The fourth-order valence-corrected chi connectivity index (χ4v) is 3.12. The van der Waals surface area contributed by atoms with Crippen molar-refractivity contribution in [3.05, 3.63) is 29.8 Å². The Bertz CT molecular complexity index is 966. The summed E-state index contributed by atoms with van der Waals surface area (Å²) in [5, 5.41) is 37.9. The van der Waals surface area contributed by atoms with Crippen LogP contribution in [0.4, 0.5) is 0 Å². The van der Waals surface area contributed by atoms with Gasteiger partial charge in [0, 0.05) is 6.42 Å². The van der Waals surface area contributed by atoms with Crippen LogP contribution in [-0.4, -0.2) is 81.2 Å². The number of amides is 4. The molecule has 13 nitrogen and oxygen atoms in total. The van der Waals surface area contributed by atoms with Crippen molar-refractivity contribution >= 4 is 29.6 Å². The lowest BCUT2D eigenvalue weighted by molar-refractivity contribution is -0.142. The van der Waals surface area contributed by atoms with Gasteiger partial charge in [-0.15, -0.1) is 0 Å². The van der Waals surface area contributed by atoms with E-state index in [1.54, 1.807) is 26.0 Å². The third kappa shape index (κ3) is 10.1. The molecule has 6 atom stereocenters. The van der Waals surface area contributed by atoms with Crippen molar-refractivity contribution in [1.82, 2.24) is 21.3 Å². The summed E-state index contributed by atoms with van der Waals surface area (Å²) in [6.07, 6.45) is -1.17. The third-order valence-electron chi connectivity index (χ3n) is 5.56. The summed E-state index contributed by atoms with van der Waals surface area (Å²) in [7, 11) is 0. The SMILES string of the molecule is CC(C)[C@H](NC(=O)[C@H](Cc1ccc(O)cc1)NC(=O)[C@H](C)NC(=O)[C@@H](N)[C@@H](C)O)C(=O)N[C@@H](C)C(=O)O. The molecule has 0 fully saturated rings. The summed E-state index contributed by atoms with van der Waals surface area (Å²) >= 11 is 0. The predicted octanol–water partition coefficient (Wildman–Crippen LogP) is -1.64.